The van der Waals surface area contributed by atoms with Gasteiger partial charge < -0.3 is 15.0 Å². The topological polar surface area (TPSA) is 58.6 Å². The van der Waals surface area contributed by atoms with Crippen LogP contribution in [-0.2, 0) is 9.59 Å². The number of nitrogens with one attached hydrogen (secondary N) is 1. The summed E-state index contributed by atoms with van der Waals surface area (Å²) in [4.78, 5) is 26.3. The first kappa shape index (κ1) is 18.3. The van der Waals surface area contributed by atoms with Gasteiger partial charge in [-0.1, -0.05) is 28.1 Å². The Hall–Kier alpha value is -2.48. The molecule has 2 aromatic carbocycles. The Bertz CT molecular complexity index is 832. The first-order valence-corrected chi connectivity index (χ1v) is 8.63. The molecule has 0 aromatic heterocycles. The van der Waals surface area contributed by atoms with Crippen LogP contribution in [0.3, 0.4) is 0 Å². The summed E-state index contributed by atoms with van der Waals surface area (Å²) < 4.78 is 29.7. The predicted octanol–water partition coefficient (Wildman–Crippen LogP) is 4.04. The number of rotatable bonds is 5. The largest absolute Gasteiger partial charge is 0.435 e. The summed E-state index contributed by atoms with van der Waals surface area (Å²) >= 11 is 3.36. The summed E-state index contributed by atoms with van der Waals surface area (Å²) in [7, 11) is 0. The van der Waals surface area contributed by atoms with Gasteiger partial charge in [-0.05, 0) is 30.3 Å². The summed E-state index contributed by atoms with van der Waals surface area (Å²) in [6, 6.07) is 13.0. The molecule has 2 aromatic rings. The summed E-state index contributed by atoms with van der Waals surface area (Å²) in [6.45, 7) is -2.68. The van der Waals surface area contributed by atoms with Gasteiger partial charge in [0.1, 0.15) is 5.75 Å². The zero-order chi connectivity index (χ0) is 18.7. The van der Waals surface area contributed by atoms with E-state index in [4.69, 9.17) is 0 Å². The van der Waals surface area contributed by atoms with Gasteiger partial charge in [0.25, 0.3) is 0 Å². The van der Waals surface area contributed by atoms with Crippen molar-refractivity contribution in [3.63, 3.8) is 0 Å². The predicted molar refractivity (Wildman–Crippen MR) is 96.3 cm³/mol. The molecule has 1 unspecified atom stereocenters. The van der Waals surface area contributed by atoms with E-state index in [0.29, 0.717) is 11.4 Å². The maximum Gasteiger partial charge on any atom is 0.387 e. The number of hydrogen-bond acceptors (Lipinski definition) is 3. The lowest BCUT2D eigenvalue weighted by Gasteiger charge is -2.17. The average molecular weight is 425 g/mol. The van der Waals surface area contributed by atoms with Crippen LogP contribution >= 0.6 is 15.9 Å². The Balaban J connectivity index is 1.67. The summed E-state index contributed by atoms with van der Waals surface area (Å²) in [5, 5.41) is 2.65. The molecule has 1 aliphatic heterocycles. The van der Waals surface area contributed by atoms with Crippen molar-refractivity contribution in [1.82, 2.24) is 0 Å². The molecular weight excluding hydrogens is 410 g/mol. The maximum atomic E-state index is 12.4. The smallest absolute Gasteiger partial charge is 0.387 e. The highest BCUT2D eigenvalue weighted by Gasteiger charge is 2.35. The number of benzene rings is 2. The van der Waals surface area contributed by atoms with Gasteiger partial charge in [0.05, 0.1) is 5.92 Å². The number of carbonyl (C=O) groups excluding carboxylic acids is 2. The minimum atomic E-state index is -2.94. The third-order valence-corrected chi connectivity index (χ3v) is 4.44. The van der Waals surface area contributed by atoms with Crippen LogP contribution in [0.2, 0.25) is 0 Å². The Morgan fingerprint density at radius 3 is 2.73 bits per heavy atom. The third kappa shape index (κ3) is 4.37. The number of alkyl halides is 2. The molecule has 3 rings (SSSR count). The number of halogens is 3. The molecule has 1 atom stereocenters. The minimum Gasteiger partial charge on any atom is -0.435 e. The van der Waals surface area contributed by atoms with E-state index >= 15 is 0 Å². The van der Waals surface area contributed by atoms with Crippen molar-refractivity contribution in [2.75, 3.05) is 16.8 Å². The molecule has 1 heterocycles. The van der Waals surface area contributed by atoms with Gasteiger partial charge in [0.15, 0.2) is 0 Å². The summed E-state index contributed by atoms with van der Waals surface area (Å²) in [5.74, 6) is -1.06. The molecule has 0 aliphatic carbocycles. The Labute approximate surface area is 157 Å². The quantitative estimate of drug-likeness (QED) is 0.787. The zero-order valence-electron chi connectivity index (χ0n) is 13.5. The van der Waals surface area contributed by atoms with Crippen molar-refractivity contribution < 1.29 is 23.1 Å². The van der Waals surface area contributed by atoms with Crippen molar-refractivity contribution in [3.8, 4) is 5.75 Å². The van der Waals surface area contributed by atoms with E-state index in [2.05, 4.69) is 26.0 Å². The standard InChI is InChI=1S/C18H15BrF2N2O3/c19-12-3-1-5-14(8-12)23-10-11(7-16(23)24)17(25)22-13-4-2-6-15(9-13)26-18(20)21/h1-6,8-9,11,18H,7,10H2,(H,22,25). The zero-order valence-corrected chi connectivity index (χ0v) is 15.1. The van der Waals surface area contributed by atoms with Gasteiger partial charge in [0, 0.05) is 34.9 Å². The molecule has 0 radical (unpaired) electrons. The van der Waals surface area contributed by atoms with Gasteiger partial charge in [-0.3, -0.25) is 9.59 Å². The van der Waals surface area contributed by atoms with Crippen molar-refractivity contribution in [2.45, 2.75) is 13.0 Å². The fraction of sp³-hybridized carbons (Fsp3) is 0.222. The van der Waals surface area contributed by atoms with Crippen LogP contribution in [0.25, 0.3) is 0 Å². The van der Waals surface area contributed by atoms with Crippen LogP contribution in [0.1, 0.15) is 6.42 Å². The lowest BCUT2D eigenvalue weighted by atomic mass is 10.1. The number of ether oxygens (including phenoxy) is 1. The molecule has 8 heteroatoms. The maximum absolute atomic E-state index is 12.4. The Morgan fingerprint density at radius 1 is 1.23 bits per heavy atom. The van der Waals surface area contributed by atoms with Crippen molar-refractivity contribution in [1.29, 1.82) is 0 Å². The van der Waals surface area contributed by atoms with Crippen molar-refractivity contribution >= 4 is 39.1 Å². The van der Waals surface area contributed by atoms with Crippen LogP contribution in [0, 0.1) is 5.92 Å². The third-order valence-electron chi connectivity index (χ3n) is 3.94. The molecule has 0 bridgehead atoms. The van der Waals surface area contributed by atoms with Crippen LogP contribution in [-0.4, -0.2) is 25.0 Å². The second-order valence-electron chi connectivity index (χ2n) is 5.78. The molecule has 136 valence electrons. The molecule has 1 fully saturated rings. The Kier molecular flexibility index (Phi) is 5.51. The molecule has 26 heavy (non-hydrogen) atoms. The highest BCUT2D eigenvalue weighted by molar-refractivity contribution is 9.10. The van der Waals surface area contributed by atoms with Crippen LogP contribution in [0.15, 0.2) is 53.0 Å². The number of hydrogen-bond donors (Lipinski definition) is 1. The molecule has 2 amide bonds. The van der Waals surface area contributed by atoms with E-state index in [0.717, 1.165) is 4.47 Å². The highest BCUT2D eigenvalue weighted by atomic mass is 79.9. The van der Waals surface area contributed by atoms with Gasteiger partial charge in [-0.25, -0.2) is 0 Å². The van der Waals surface area contributed by atoms with Crippen LogP contribution in [0.4, 0.5) is 20.2 Å². The van der Waals surface area contributed by atoms with E-state index in [1.165, 1.54) is 18.2 Å². The molecule has 1 N–H and O–H groups in total. The molecular formula is C18H15BrF2N2O3. The van der Waals surface area contributed by atoms with E-state index < -0.39 is 12.5 Å². The number of carbonyl (C=O) groups is 2. The van der Waals surface area contributed by atoms with E-state index in [9.17, 15) is 18.4 Å². The SMILES string of the molecule is O=C(Nc1cccc(OC(F)F)c1)C1CC(=O)N(c2cccc(Br)c2)C1. The molecule has 5 nitrogen and oxygen atoms in total. The van der Waals surface area contributed by atoms with Gasteiger partial charge in [-0.15, -0.1) is 0 Å². The second kappa shape index (κ2) is 7.82. The van der Waals surface area contributed by atoms with E-state index in [-0.39, 0.29) is 30.5 Å². The minimum absolute atomic E-state index is 0.0453. The number of amides is 2. The first-order chi connectivity index (χ1) is 12.4. The number of nitrogens with zero attached hydrogens (tertiary/aromatic N) is 1. The summed E-state index contributed by atoms with van der Waals surface area (Å²) in [5.41, 5.74) is 1.05. The molecule has 1 saturated heterocycles. The normalized spacial score (nSPS) is 16.8. The lowest BCUT2D eigenvalue weighted by Crippen LogP contribution is -2.28. The molecule has 0 spiro atoms. The Morgan fingerprint density at radius 2 is 2.00 bits per heavy atom. The van der Waals surface area contributed by atoms with E-state index in [1.807, 2.05) is 18.2 Å². The highest BCUT2D eigenvalue weighted by Crippen LogP contribution is 2.28. The van der Waals surface area contributed by atoms with Gasteiger partial charge in [0.2, 0.25) is 11.8 Å². The van der Waals surface area contributed by atoms with Crippen molar-refractivity contribution in [3.05, 3.63) is 53.0 Å². The molecule has 1 aliphatic rings. The monoisotopic (exact) mass is 424 g/mol. The fourth-order valence-electron chi connectivity index (χ4n) is 2.77. The van der Waals surface area contributed by atoms with Gasteiger partial charge in [-0.2, -0.15) is 8.78 Å². The van der Waals surface area contributed by atoms with Crippen LogP contribution < -0.4 is 15.0 Å². The number of anilines is 2. The second-order valence-corrected chi connectivity index (χ2v) is 6.70. The average Bonchev–Trinajstić information content (AvgIpc) is 2.96. The van der Waals surface area contributed by atoms with E-state index in [1.54, 1.807) is 17.0 Å². The summed E-state index contributed by atoms with van der Waals surface area (Å²) in [6.07, 6.45) is 0.0889. The molecule has 0 saturated carbocycles. The fourth-order valence-corrected chi connectivity index (χ4v) is 3.16. The van der Waals surface area contributed by atoms with Crippen LogP contribution in [0.5, 0.6) is 5.75 Å². The first-order valence-electron chi connectivity index (χ1n) is 7.84. The van der Waals surface area contributed by atoms with Crippen molar-refractivity contribution in [2.24, 2.45) is 5.92 Å². The lowest BCUT2D eigenvalue weighted by molar-refractivity contribution is -0.122. The van der Waals surface area contributed by atoms with Gasteiger partial charge >= 0.3 is 6.61 Å².